The van der Waals surface area contributed by atoms with Crippen molar-refractivity contribution in [3.05, 3.63) is 108 Å². The molecule has 1 N–H and O–H groups in total. The Balaban J connectivity index is 1.30. The highest BCUT2D eigenvalue weighted by Crippen LogP contribution is 2.47. The van der Waals surface area contributed by atoms with E-state index in [0.29, 0.717) is 5.92 Å². The molecule has 4 aromatic heterocycles. The molecule has 3 nitrogen and oxygen atoms in total. The summed E-state index contributed by atoms with van der Waals surface area (Å²) in [6, 6.07) is 33.4. The number of hydrogen-bond donors (Lipinski definition) is 1. The fourth-order valence-corrected chi connectivity index (χ4v) is 9.65. The summed E-state index contributed by atoms with van der Waals surface area (Å²) in [5.41, 5.74) is 13.7. The third-order valence-electron chi connectivity index (χ3n) is 10.2. The lowest BCUT2D eigenvalue weighted by molar-refractivity contribution is 0.657. The first-order chi connectivity index (χ1) is 21.7. The van der Waals surface area contributed by atoms with Crippen molar-refractivity contribution in [3.63, 3.8) is 0 Å². The maximum Gasteiger partial charge on any atom is 0.206 e. The molecule has 0 saturated heterocycles. The second kappa shape index (κ2) is 8.13. The summed E-state index contributed by atoms with van der Waals surface area (Å²) in [5, 5.41) is 7.46. The topological polar surface area (TPSA) is 33.9 Å². The Hall–Kier alpha value is -5.00. The summed E-state index contributed by atoms with van der Waals surface area (Å²) in [6.45, 7) is 2.37. The summed E-state index contributed by atoms with van der Waals surface area (Å²) in [6.07, 6.45) is 5.86. The molecule has 0 bridgehead atoms. The average Bonchev–Trinajstić information content (AvgIpc) is 3.79. The molecule has 0 spiro atoms. The number of furan rings is 1. The van der Waals surface area contributed by atoms with Gasteiger partial charge in [0, 0.05) is 43.4 Å². The largest absolute Gasteiger partial charge is 0.440 e. The number of H-pyrrole nitrogens is 1. The molecule has 11 rings (SSSR count). The van der Waals surface area contributed by atoms with Gasteiger partial charge in [0.2, 0.25) is 5.71 Å². The van der Waals surface area contributed by atoms with Crippen LogP contribution in [0.15, 0.2) is 101 Å². The van der Waals surface area contributed by atoms with Crippen molar-refractivity contribution in [1.82, 2.24) is 9.55 Å². The molecule has 2 aliphatic rings. The number of hydrogen-bond acceptors (Lipinski definition) is 2. The number of nitrogens with zero attached hydrogens (tertiary/aromatic N) is 1. The SMILES string of the molecule is CC1CC=Cc2c1sc1c3cccc4c3n(c21)-c1cc2ccccc2c(-c2cccc3c2[nH]c2oc5ccccc5c23)c1B4. The smallest absolute Gasteiger partial charge is 0.206 e. The van der Waals surface area contributed by atoms with E-state index in [1.807, 2.05) is 17.4 Å². The monoisotopic (exact) mass is 580 g/mol. The molecule has 1 aliphatic carbocycles. The molecule has 5 heterocycles. The number of benzene rings is 5. The number of para-hydroxylation sites is 3. The molecule has 0 amide bonds. The third kappa shape index (κ3) is 2.80. The molecule has 5 heteroatoms. The number of fused-ring (bicyclic) bond motifs is 13. The highest BCUT2D eigenvalue weighted by Gasteiger charge is 2.31. The van der Waals surface area contributed by atoms with Crippen LogP contribution < -0.4 is 10.9 Å². The third-order valence-corrected chi connectivity index (χ3v) is 11.6. The lowest BCUT2D eigenvalue weighted by Gasteiger charge is -2.25. The number of allylic oxidation sites excluding steroid dienone is 1. The minimum atomic E-state index is 0.549. The van der Waals surface area contributed by atoms with Gasteiger partial charge in [0.15, 0.2) is 7.28 Å². The Morgan fingerprint density at radius 3 is 2.64 bits per heavy atom. The molecular formula is C39H25BN2OS. The number of aromatic amines is 1. The van der Waals surface area contributed by atoms with Crippen LogP contribution in [0.5, 0.6) is 0 Å². The van der Waals surface area contributed by atoms with Gasteiger partial charge in [-0.3, -0.25) is 0 Å². The highest BCUT2D eigenvalue weighted by molar-refractivity contribution is 7.20. The summed E-state index contributed by atoms with van der Waals surface area (Å²) in [4.78, 5) is 5.25. The molecule has 44 heavy (non-hydrogen) atoms. The van der Waals surface area contributed by atoms with Crippen molar-refractivity contribution in [2.24, 2.45) is 0 Å². The van der Waals surface area contributed by atoms with Gasteiger partial charge in [-0.2, -0.15) is 0 Å². The predicted octanol–water partition coefficient (Wildman–Crippen LogP) is 9.27. The van der Waals surface area contributed by atoms with Crippen LogP contribution in [-0.2, 0) is 0 Å². The van der Waals surface area contributed by atoms with Crippen molar-refractivity contribution in [1.29, 1.82) is 0 Å². The van der Waals surface area contributed by atoms with Crippen molar-refractivity contribution in [2.45, 2.75) is 19.3 Å². The molecule has 206 valence electrons. The van der Waals surface area contributed by atoms with Gasteiger partial charge in [-0.25, -0.2) is 0 Å². The van der Waals surface area contributed by atoms with Crippen molar-refractivity contribution in [2.75, 3.05) is 0 Å². The zero-order valence-electron chi connectivity index (χ0n) is 24.1. The second-order valence-corrected chi connectivity index (χ2v) is 13.6. The second-order valence-electron chi connectivity index (χ2n) is 12.5. The molecule has 9 aromatic rings. The number of nitrogens with one attached hydrogen (secondary N) is 1. The van der Waals surface area contributed by atoms with E-state index in [2.05, 4.69) is 114 Å². The van der Waals surface area contributed by atoms with Gasteiger partial charge < -0.3 is 14.0 Å². The first-order valence-corrected chi connectivity index (χ1v) is 16.3. The summed E-state index contributed by atoms with van der Waals surface area (Å²) in [7, 11) is 0.898. The van der Waals surface area contributed by atoms with E-state index in [1.54, 1.807) is 0 Å². The maximum atomic E-state index is 6.34. The first kappa shape index (κ1) is 23.5. The quantitative estimate of drug-likeness (QED) is 0.193. The molecular weight excluding hydrogens is 555 g/mol. The molecule has 0 fully saturated rings. The fourth-order valence-electron chi connectivity index (χ4n) is 8.29. The van der Waals surface area contributed by atoms with Crippen LogP contribution in [-0.4, -0.2) is 16.8 Å². The molecule has 5 aromatic carbocycles. The summed E-state index contributed by atoms with van der Waals surface area (Å²) in [5.74, 6) is 0.549. The zero-order valence-corrected chi connectivity index (χ0v) is 24.9. The summed E-state index contributed by atoms with van der Waals surface area (Å²) >= 11 is 2.01. The Morgan fingerprint density at radius 2 is 1.68 bits per heavy atom. The van der Waals surface area contributed by atoms with E-state index in [4.69, 9.17) is 4.42 Å². The van der Waals surface area contributed by atoms with E-state index >= 15 is 0 Å². The van der Waals surface area contributed by atoms with Crippen LogP contribution >= 0.6 is 11.3 Å². The lowest BCUT2D eigenvalue weighted by atomic mass is 9.58. The fraction of sp³-hybridized carbons (Fsp3) is 0.0769. The Kier molecular flexibility index (Phi) is 4.34. The molecule has 1 aliphatic heterocycles. The predicted molar refractivity (Wildman–Crippen MR) is 189 cm³/mol. The maximum absolute atomic E-state index is 6.34. The van der Waals surface area contributed by atoms with Crippen LogP contribution in [0.1, 0.15) is 29.7 Å². The van der Waals surface area contributed by atoms with Crippen molar-refractivity contribution < 1.29 is 4.42 Å². The van der Waals surface area contributed by atoms with Gasteiger partial charge in [-0.05, 0) is 46.3 Å². The molecule has 1 atom stereocenters. The van der Waals surface area contributed by atoms with Crippen LogP contribution in [0, 0.1) is 0 Å². The van der Waals surface area contributed by atoms with Gasteiger partial charge in [-0.15, -0.1) is 11.3 Å². The van der Waals surface area contributed by atoms with Crippen molar-refractivity contribution in [3.8, 4) is 16.8 Å². The normalized spacial score (nSPS) is 15.6. The van der Waals surface area contributed by atoms with Crippen LogP contribution in [0.25, 0.3) is 87.8 Å². The Labute approximate surface area is 257 Å². The van der Waals surface area contributed by atoms with Gasteiger partial charge in [0.05, 0.1) is 21.1 Å². The van der Waals surface area contributed by atoms with E-state index in [1.165, 1.54) is 75.5 Å². The Bertz CT molecular complexity index is 2750. The van der Waals surface area contributed by atoms with Gasteiger partial charge >= 0.3 is 0 Å². The minimum Gasteiger partial charge on any atom is -0.440 e. The van der Waals surface area contributed by atoms with Crippen LogP contribution in [0.3, 0.4) is 0 Å². The zero-order chi connectivity index (χ0) is 28.7. The lowest BCUT2D eigenvalue weighted by Crippen LogP contribution is -2.37. The average molecular weight is 581 g/mol. The number of thiophene rings is 1. The van der Waals surface area contributed by atoms with Crippen molar-refractivity contribution >= 4 is 100 Å². The number of aromatic nitrogens is 2. The molecule has 1 unspecified atom stereocenters. The van der Waals surface area contributed by atoms with E-state index in [9.17, 15) is 0 Å². The van der Waals surface area contributed by atoms with E-state index in [0.717, 1.165) is 41.3 Å². The van der Waals surface area contributed by atoms with Gasteiger partial charge in [0.1, 0.15) is 5.58 Å². The highest BCUT2D eigenvalue weighted by atomic mass is 32.1. The summed E-state index contributed by atoms with van der Waals surface area (Å²) < 4.78 is 10.4. The van der Waals surface area contributed by atoms with Crippen LogP contribution in [0.2, 0.25) is 0 Å². The van der Waals surface area contributed by atoms with Gasteiger partial charge in [0.25, 0.3) is 0 Å². The Morgan fingerprint density at radius 1 is 0.864 bits per heavy atom. The van der Waals surface area contributed by atoms with Crippen LogP contribution in [0.4, 0.5) is 0 Å². The molecule has 0 radical (unpaired) electrons. The van der Waals surface area contributed by atoms with E-state index in [-0.39, 0.29) is 0 Å². The van der Waals surface area contributed by atoms with E-state index < -0.39 is 0 Å². The molecule has 0 saturated carbocycles. The minimum absolute atomic E-state index is 0.549. The first-order valence-electron chi connectivity index (χ1n) is 15.5. The standard InChI is InChI=1S/C39H25BN2OS/c1-20-9-6-15-27-36-38(44-37(20)27)26-16-8-17-28-35(26)42(36)29-19-21-10-2-3-11-22(21)31(33(29)40-28)24-13-7-14-25-32-23-12-4-5-18-30(23)43-39(32)41-34(24)25/h2-8,10-20,40-41H,9H2,1H3. The number of rotatable bonds is 1. The van der Waals surface area contributed by atoms with Gasteiger partial charge in [-0.1, -0.05) is 103 Å².